The van der Waals surface area contributed by atoms with E-state index < -0.39 is 5.97 Å². The number of aromatic nitrogens is 3. The van der Waals surface area contributed by atoms with Crippen molar-refractivity contribution in [3.8, 4) is 0 Å². The van der Waals surface area contributed by atoms with E-state index in [2.05, 4.69) is 28.6 Å². The number of hydrogen-bond acceptors (Lipinski definition) is 5. The van der Waals surface area contributed by atoms with Crippen LogP contribution in [0.5, 0.6) is 0 Å². The van der Waals surface area contributed by atoms with Crippen molar-refractivity contribution in [2.45, 2.75) is 50.1 Å². The third-order valence-corrected chi connectivity index (χ3v) is 5.41. The predicted molar refractivity (Wildman–Crippen MR) is 82.3 cm³/mol. The molecular weight excluding hydrogens is 294 g/mol. The Labute approximate surface area is 127 Å². The van der Waals surface area contributed by atoms with E-state index in [0.717, 1.165) is 23.9 Å². The van der Waals surface area contributed by atoms with Crippen LogP contribution in [0.2, 0.25) is 0 Å². The first-order chi connectivity index (χ1) is 9.58. The van der Waals surface area contributed by atoms with Crippen LogP contribution in [0, 0.1) is 5.92 Å². The predicted octanol–water partition coefficient (Wildman–Crippen LogP) is 3.07. The van der Waals surface area contributed by atoms with Crippen molar-refractivity contribution >= 4 is 29.5 Å². The van der Waals surface area contributed by atoms with E-state index in [9.17, 15) is 4.79 Å². The maximum atomic E-state index is 10.7. The minimum Gasteiger partial charge on any atom is -0.481 e. The second-order valence-electron chi connectivity index (χ2n) is 5.38. The Morgan fingerprint density at radius 2 is 2.30 bits per heavy atom. The molecule has 0 spiro atoms. The Balaban J connectivity index is 2.19. The molecule has 1 aliphatic heterocycles. The van der Waals surface area contributed by atoms with Crippen LogP contribution >= 0.6 is 23.5 Å². The Morgan fingerprint density at radius 1 is 1.50 bits per heavy atom. The van der Waals surface area contributed by atoms with Crippen molar-refractivity contribution in [3.63, 3.8) is 0 Å². The highest BCUT2D eigenvalue weighted by Gasteiger charge is 2.24. The SMILES string of the molecule is CC(C)Cn1c(SCC(=O)O)nnc1C1CCCCS1. The molecule has 1 fully saturated rings. The van der Waals surface area contributed by atoms with Crippen LogP contribution in [0.1, 0.15) is 44.2 Å². The normalized spacial score (nSPS) is 19.4. The van der Waals surface area contributed by atoms with Crippen LogP contribution < -0.4 is 0 Å². The first-order valence-electron chi connectivity index (χ1n) is 6.97. The smallest absolute Gasteiger partial charge is 0.313 e. The van der Waals surface area contributed by atoms with Gasteiger partial charge in [-0.25, -0.2) is 0 Å². The molecule has 1 saturated heterocycles. The molecule has 1 atom stereocenters. The van der Waals surface area contributed by atoms with E-state index in [1.165, 1.54) is 30.4 Å². The quantitative estimate of drug-likeness (QED) is 0.814. The van der Waals surface area contributed by atoms with Crippen LogP contribution in [0.3, 0.4) is 0 Å². The van der Waals surface area contributed by atoms with Gasteiger partial charge in [0.2, 0.25) is 0 Å². The summed E-state index contributed by atoms with van der Waals surface area (Å²) in [5.41, 5.74) is 0. The zero-order valence-electron chi connectivity index (χ0n) is 11.9. The number of carboxylic acid groups (broad SMARTS) is 1. The molecule has 0 saturated carbocycles. The van der Waals surface area contributed by atoms with E-state index in [0.29, 0.717) is 11.2 Å². The molecule has 0 amide bonds. The van der Waals surface area contributed by atoms with Gasteiger partial charge in [0.15, 0.2) is 5.16 Å². The lowest BCUT2D eigenvalue weighted by Crippen LogP contribution is -2.14. The molecule has 20 heavy (non-hydrogen) atoms. The Hall–Kier alpha value is -0.690. The van der Waals surface area contributed by atoms with Crippen molar-refractivity contribution in [3.05, 3.63) is 5.82 Å². The molecule has 5 nitrogen and oxygen atoms in total. The Kier molecular flexibility index (Phi) is 5.77. The maximum absolute atomic E-state index is 10.7. The average Bonchev–Trinajstić information content (AvgIpc) is 2.79. The molecular formula is C13H21N3O2S2. The summed E-state index contributed by atoms with van der Waals surface area (Å²) in [7, 11) is 0. The monoisotopic (exact) mass is 315 g/mol. The van der Waals surface area contributed by atoms with E-state index in [1.54, 1.807) is 0 Å². The van der Waals surface area contributed by atoms with Crippen molar-refractivity contribution in [2.24, 2.45) is 5.92 Å². The van der Waals surface area contributed by atoms with Gasteiger partial charge in [0.1, 0.15) is 5.82 Å². The minimum atomic E-state index is -0.817. The third kappa shape index (κ3) is 4.15. The van der Waals surface area contributed by atoms with Gasteiger partial charge >= 0.3 is 5.97 Å². The second-order valence-corrected chi connectivity index (χ2v) is 7.64. The molecule has 0 radical (unpaired) electrons. The molecule has 2 rings (SSSR count). The molecule has 1 aliphatic rings. The fourth-order valence-electron chi connectivity index (χ4n) is 2.25. The average molecular weight is 315 g/mol. The zero-order chi connectivity index (χ0) is 14.5. The van der Waals surface area contributed by atoms with Gasteiger partial charge in [0.25, 0.3) is 0 Å². The van der Waals surface area contributed by atoms with E-state index >= 15 is 0 Å². The number of carbonyl (C=O) groups is 1. The van der Waals surface area contributed by atoms with Gasteiger partial charge in [0.05, 0.1) is 11.0 Å². The fourth-order valence-corrected chi connectivity index (χ4v) is 4.24. The van der Waals surface area contributed by atoms with Gasteiger partial charge in [-0.05, 0) is 24.5 Å². The summed E-state index contributed by atoms with van der Waals surface area (Å²) in [6.45, 7) is 5.16. The second kappa shape index (κ2) is 7.36. The standard InChI is InChI=1S/C13H21N3O2S2/c1-9(2)7-16-12(10-5-3-4-6-19-10)14-15-13(16)20-8-11(17)18/h9-10H,3-8H2,1-2H3,(H,17,18). The van der Waals surface area contributed by atoms with E-state index in [1.807, 2.05) is 11.8 Å². The highest BCUT2D eigenvalue weighted by molar-refractivity contribution is 8.00. The summed E-state index contributed by atoms with van der Waals surface area (Å²) in [6, 6.07) is 0. The first kappa shape index (κ1) is 15.7. The summed E-state index contributed by atoms with van der Waals surface area (Å²) in [5.74, 6) is 1.91. The van der Waals surface area contributed by atoms with Crippen LogP contribution in [0.4, 0.5) is 0 Å². The highest BCUT2D eigenvalue weighted by atomic mass is 32.2. The van der Waals surface area contributed by atoms with E-state index in [4.69, 9.17) is 5.11 Å². The zero-order valence-corrected chi connectivity index (χ0v) is 13.5. The number of carboxylic acids is 1. The fraction of sp³-hybridized carbons (Fsp3) is 0.769. The lowest BCUT2D eigenvalue weighted by molar-refractivity contribution is -0.133. The third-order valence-electron chi connectivity index (χ3n) is 3.09. The molecule has 7 heteroatoms. The number of rotatable bonds is 6. The number of hydrogen-bond donors (Lipinski definition) is 1. The van der Waals surface area contributed by atoms with Crippen molar-refractivity contribution < 1.29 is 9.90 Å². The van der Waals surface area contributed by atoms with Crippen LogP contribution in [-0.4, -0.2) is 37.3 Å². The van der Waals surface area contributed by atoms with Crippen LogP contribution in [0.15, 0.2) is 5.16 Å². The topological polar surface area (TPSA) is 68.0 Å². The summed E-state index contributed by atoms with van der Waals surface area (Å²) >= 11 is 3.21. The first-order valence-corrected chi connectivity index (χ1v) is 9.00. The largest absolute Gasteiger partial charge is 0.481 e. The van der Waals surface area contributed by atoms with Crippen molar-refractivity contribution in [1.82, 2.24) is 14.8 Å². The summed E-state index contributed by atoms with van der Waals surface area (Å²) < 4.78 is 2.13. The highest BCUT2D eigenvalue weighted by Crippen LogP contribution is 2.38. The summed E-state index contributed by atoms with van der Waals surface area (Å²) in [4.78, 5) is 10.7. The minimum absolute atomic E-state index is 0.0358. The molecule has 0 bridgehead atoms. The van der Waals surface area contributed by atoms with Gasteiger partial charge in [-0.15, -0.1) is 10.2 Å². The van der Waals surface area contributed by atoms with Crippen molar-refractivity contribution in [2.75, 3.05) is 11.5 Å². The van der Waals surface area contributed by atoms with Gasteiger partial charge in [0, 0.05) is 6.54 Å². The lowest BCUT2D eigenvalue weighted by atomic mass is 10.1. The molecule has 1 unspecified atom stereocenters. The molecule has 0 aliphatic carbocycles. The number of aliphatic carboxylic acids is 1. The Bertz CT molecular complexity index is 456. The summed E-state index contributed by atoms with van der Waals surface area (Å²) in [5, 5.41) is 18.5. The molecule has 112 valence electrons. The molecule has 0 aromatic carbocycles. The molecule has 1 aromatic heterocycles. The van der Waals surface area contributed by atoms with Gasteiger partial charge < -0.3 is 9.67 Å². The maximum Gasteiger partial charge on any atom is 0.313 e. The van der Waals surface area contributed by atoms with E-state index in [-0.39, 0.29) is 5.75 Å². The molecule has 1 aromatic rings. The van der Waals surface area contributed by atoms with Crippen LogP contribution in [-0.2, 0) is 11.3 Å². The van der Waals surface area contributed by atoms with Gasteiger partial charge in [-0.2, -0.15) is 11.8 Å². The Morgan fingerprint density at radius 3 is 2.90 bits per heavy atom. The lowest BCUT2D eigenvalue weighted by Gasteiger charge is -2.22. The van der Waals surface area contributed by atoms with Crippen LogP contribution in [0.25, 0.3) is 0 Å². The number of thioether (sulfide) groups is 2. The molecule has 2 heterocycles. The summed E-state index contributed by atoms with van der Waals surface area (Å²) in [6.07, 6.45) is 3.66. The van der Waals surface area contributed by atoms with Gasteiger partial charge in [-0.1, -0.05) is 32.0 Å². The number of nitrogens with zero attached hydrogens (tertiary/aromatic N) is 3. The van der Waals surface area contributed by atoms with Crippen molar-refractivity contribution in [1.29, 1.82) is 0 Å². The molecule has 1 N–H and O–H groups in total. The van der Waals surface area contributed by atoms with Gasteiger partial charge in [-0.3, -0.25) is 4.79 Å².